The second-order valence-electron chi connectivity index (χ2n) is 1.77. The third-order valence-electron chi connectivity index (χ3n) is 1.12. The second-order valence-corrected chi connectivity index (χ2v) is 1.77. The van der Waals surface area contributed by atoms with E-state index in [1.54, 1.807) is 18.2 Å². The maximum absolute atomic E-state index is 10.5. The fourth-order valence-corrected chi connectivity index (χ4v) is 0.604. The van der Waals surface area contributed by atoms with Crippen molar-refractivity contribution in [2.75, 3.05) is 0 Å². The molecule has 0 aliphatic rings. The molecule has 46 valence electrons. The first-order valence-electron chi connectivity index (χ1n) is 2.72. The van der Waals surface area contributed by atoms with E-state index in [1.165, 1.54) is 12.1 Å². The molecule has 0 spiro atoms. The minimum atomic E-state index is 0. The molecule has 0 radical (unpaired) electrons. The third-order valence-corrected chi connectivity index (χ3v) is 1.12. The predicted molar refractivity (Wildman–Crippen MR) is 36.0 cm³/mol. The zero-order valence-electron chi connectivity index (χ0n) is 6.00. The minimum absolute atomic E-state index is 0. The Kier molecular flexibility index (Phi) is 3.95. The topological polar surface area (TPSA) is 23.1 Å². The first-order valence-corrected chi connectivity index (χ1v) is 2.72. The maximum atomic E-state index is 10.5. The van der Waals surface area contributed by atoms with Crippen molar-refractivity contribution in [2.24, 2.45) is 0 Å². The van der Waals surface area contributed by atoms with Gasteiger partial charge in [-0.25, -0.2) is 0 Å². The van der Waals surface area contributed by atoms with Crippen LogP contribution in [0, 0.1) is 0 Å². The average Bonchev–Trinajstić information content (AvgIpc) is 1.90. The van der Waals surface area contributed by atoms with E-state index in [4.69, 9.17) is 0 Å². The zero-order valence-corrected chi connectivity index (χ0v) is 6.00. The van der Waals surface area contributed by atoms with Gasteiger partial charge in [-0.15, -0.1) is 5.75 Å². The van der Waals surface area contributed by atoms with Crippen molar-refractivity contribution in [1.82, 2.24) is 0 Å². The van der Waals surface area contributed by atoms with Crippen LogP contribution in [0.2, 0.25) is 0 Å². The molecular formula is C8H7LiO. The zero-order chi connectivity index (χ0) is 6.69. The molecule has 0 fully saturated rings. The van der Waals surface area contributed by atoms with Gasteiger partial charge in [0.2, 0.25) is 0 Å². The summed E-state index contributed by atoms with van der Waals surface area (Å²) in [5, 5.41) is 10.5. The predicted octanol–water partition coefficient (Wildman–Crippen LogP) is -1.59. The summed E-state index contributed by atoms with van der Waals surface area (Å²) < 4.78 is 0. The molecule has 0 aliphatic heterocycles. The van der Waals surface area contributed by atoms with E-state index in [1.807, 2.05) is 0 Å². The van der Waals surface area contributed by atoms with Gasteiger partial charge < -0.3 is 5.11 Å². The molecule has 10 heavy (non-hydrogen) atoms. The molecule has 1 aromatic rings. The van der Waals surface area contributed by atoms with Crippen LogP contribution in [0.15, 0.2) is 30.8 Å². The Morgan fingerprint density at radius 2 is 1.70 bits per heavy atom. The Morgan fingerprint density at radius 3 is 2.10 bits per heavy atom. The number of rotatable bonds is 1. The van der Waals surface area contributed by atoms with Crippen molar-refractivity contribution in [3.8, 4) is 5.75 Å². The summed E-state index contributed by atoms with van der Waals surface area (Å²) in [6.45, 7) is 3.56. The van der Waals surface area contributed by atoms with Crippen molar-refractivity contribution in [3.63, 3.8) is 0 Å². The number of benzene rings is 1. The first kappa shape index (κ1) is 9.36. The molecule has 0 bridgehead atoms. The van der Waals surface area contributed by atoms with E-state index in [-0.39, 0.29) is 24.6 Å². The molecule has 2 heteroatoms. The third kappa shape index (κ3) is 2.31. The van der Waals surface area contributed by atoms with Crippen LogP contribution in [0.4, 0.5) is 0 Å². The maximum Gasteiger partial charge on any atom is 1.00 e. The normalized spacial score (nSPS) is 8.00. The molecule has 1 aromatic carbocycles. The van der Waals surface area contributed by atoms with Crippen LogP contribution in [0.1, 0.15) is 5.56 Å². The average molecular weight is 126 g/mol. The quantitative estimate of drug-likeness (QED) is 0.416. The smallest absolute Gasteiger partial charge is 0.872 e. The Balaban J connectivity index is 0.000000810. The molecule has 0 saturated carbocycles. The minimum Gasteiger partial charge on any atom is -0.872 e. The summed E-state index contributed by atoms with van der Waals surface area (Å²) >= 11 is 0. The monoisotopic (exact) mass is 126 g/mol. The van der Waals surface area contributed by atoms with Crippen molar-refractivity contribution in [1.29, 1.82) is 0 Å². The fourth-order valence-electron chi connectivity index (χ4n) is 0.604. The van der Waals surface area contributed by atoms with Crippen molar-refractivity contribution in [2.45, 2.75) is 0 Å². The van der Waals surface area contributed by atoms with Crippen molar-refractivity contribution < 1.29 is 24.0 Å². The SMILES string of the molecule is C=Cc1ccc([O-])cc1.[Li+]. The summed E-state index contributed by atoms with van der Waals surface area (Å²) in [6.07, 6.45) is 1.71. The molecule has 0 N–H and O–H groups in total. The Bertz CT molecular complexity index is 203. The van der Waals surface area contributed by atoms with Crippen LogP contribution in [0.3, 0.4) is 0 Å². The van der Waals surface area contributed by atoms with E-state index < -0.39 is 0 Å². The van der Waals surface area contributed by atoms with Gasteiger partial charge in [0.1, 0.15) is 0 Å². The fraction of sp³-hybridized carbons (Fsp3) is 0. The number of hydrogen-bond donors (Lipinski definition) is 0. The van der Waals surface area contributed by atoms with Gasteiger partial charge in [-0.05, 0) is 5.56 Å². The van der Waals surface area contributed by atoms with Crippen LogP contribution in [-0.2, 0) is 0 Å². The summed E-state index contributed by atoms with van der Waals surface area (Å²) in [7, 11) is 0. The Labute approximate surface area is 72.6 Å². The Hall–Kier alpha value is -0.643. The summed E-state index contributed by atoms with van der Waals surface area (Å²) in [5.41, 5.74) is 0.981. The molecular weight excluding hydrogens is 119 g/mol. The largest absolute Gasteiger partial charge is 1.00 e. The van der Waals surface area contributed by atoms with E-state index in [2.05, 4.69) is 6.58 Å². The van der Waals surface area contributed by atoms with Gasteiger partial charge in [0.05, 0.1) is 0 Å². The standard InChI is InChI=1S/C8H8O.Li/c1-2-7-3-5-8(9)6-4-7;/h2-6,9H,1H2;/q;+1/p-1. The van der Waals surface area contributed by atoms with Gasteiger partial charge in [-0.1, -0.05) is 36.9 Å². The molecule has 1 nitrogen and oxygen atoms in total. The molecule has 0 aromatic heterocycles. The van der Waals surface area contributed by atoms with Gasteiger partial charge in [-0.3, -0.25) is 0 Å². The van der Waals surface area contributed by atoms with E-state index >= 15 is 0 Å². The van der Waals surface area contributed by atoms with Crippen LogP contribution in [0.5, 0.6) is 5.75 Å². The Morgan fingerprint density at radius 1 is 1.20 bits per heavy atom. The van der Waals surface area contributed by atoms with Gasteiger partial charge in [0.15, 0.2) is 0 Å². The van der Waals surface area contributed by atoms with E-state index in [9.17, 15) is 5.11 Å². The van der Waals surface area contributed by atoms with Crippen molar-refractivity contribution >= 4 is 6.08 Å². The van der Waals surface area contributed by atoms with Gasteiger partial charge >= 0.3 is 18.9 Å². The molecule has 0 aliphatic carbocycles. The van der Waals surface area contributed by atoms with E-state index in [0.29, 0.717) is 0 Å². The van der Waals surface area contributed by atoms with Crippen molar-refractivity contribution in [3.05, 3.63) is 36.4 Å². The molecule has 1 rings (SSSR count). The molecule has 0 saturated heterocycles. The molecule has 0 heterocycles. The summed E-state index contributed by atoms with van der Waals surface area (Å²) in [4.78, 5) is 0. The molecule has 0 unspecified atom stereocenters. The molecule has 0 atom stereocenters. The summed E-state index contributed by atoms with van der Waals surface area (Å²) in [5.74, 6) is 0.0422. The van der Waals surface area contributed by atoms with Crippen LogP contribution in [0.25, 0.3) is 6.08 Å². The first-order chi connectivity index (χ1) is 4.33. The summed E-state index contributed by atoms with van der Waals surface area (Å²) in [6, 6.07) is 6.54. The van der Waals surface area contributed by atoms with Crippen LogP contribution in [-0.4, -0.2) is 0 Å². The van der Waals surface area contributed by atoms with Crippen LogP contribution < -0.4 is 24.0 Å². The van der Waals surface area contributed by atoms with Gasteiger partial charge in [0.25, 0.3) is 0 Å². The number of hydrogen-bond acceptors (Lipinski definition) is 1. The van der Waals surface area contributed by atoms with Gasteiger partial charge in [0, 0.05) is 0 Å². The van der Waals surface area contributed by atoms with Crippen LogP contribution >= 0.6 is 0 Å². The second kappa shape index (κ2) is 4.22. The molecule has 0 amide bonds. The van der Waals surface area contributed by atoms with Gasteiger partial charge in [-0.2, -0.15) is 0 Å². The van der Waals surface area contributed by atoms with E-state index in [0.717, 1.165) is 5.56 Å².